The van der Waals surface area contributed by atoms with Crippen LogP contribution in [0.4, 0.5) is 9.59 Å². The minimum atomic E-state index is -0.949. The third-order valence-electron chi connectivity index (χ3n) is 11.0. The van der Waals surface area contributed by atoms with Crippen LogP contribution in [0.3, 0.4) is 0 Å². The Morgan fingerprint density at radius 3 is 2.22 bits per heavy atom. The summed E-state index contributed by atoms with van der Waals surface area (Å²) in [7, 11) is 5.58. The van der Waals surface area contributed by atoms with Gasteiger partial charge in [-0.05, 0) is 110 Å². The summed E-state index contributed by atoms with van der Waals surface area (Å²) >= 11 is 0. The van der Waals surface area contributed by atoms with Crippen molar-refractivity contribution in [1.29, 1.82) is 0 Å². The number of aryl methyl sites for hydroxylation is 2. The number of hydrogen-bond donors (Lipinski definition) is 5. The van der Waals surface area contributed by atoms with Crippen LogP contribution in [-0.4, -0.2) is 106 Å². The highest BCUT2D eigenvalue weighted by molar-refractivity contribution is 5.75. The fourth-order valence-corrected chi connectivity index (χ4v) is 8.24. The van der Waals surface area contributed by atoms with Crippen molar-refractivity contribution in [2.45, 2.75) is 128 Å². The number of carbonyl (C=O) groups is 2. The predicted octanol–water partition coefficient (Wildman–Crippen LogP) is 6.08. The lowest BCUT2D eigenvalue weighted by molar-refractivity contribution is -0.0568. The van der Waals surface area contributed by atoms with Gasteiger partial charge in [-0.3, -0.25) is 0 Å². The number of likely N-dealkylation sites (tertiary alicyclic amines) is 2. The van der Waals surface area contributed by atoms with Gasteiger partial charge in [0.15, 0.2) is 0 Å². The molecule has 1 aliphatic carbocycles. The maximum Gasteiger partial charge on any atom is 0.317 e. The Bertz CT molecular complexity index is 1130. The monoisotopic (exact) mass is 701 g/mol. The number of methoxy groups -OCH3 is 1. The first-order valence-corrected chi connectivity index (χ1v) is 19.8. The summed E-state index contributed by atoms with van der Waals surface area (Å²) in [5, 5.41) is 24.9. The molecule has 10 heteroatoms. The second kappa shape index (κ2) is 22.5. The largest absolute Gasteiger partial charge is 0.385 e. The van der Waals surface area contributed by atoms with Crippen LogP contribution in [0.25, 0.3) is 0 Å². The number of nitrogens with zero attached hydrogens (tertiary/aromatic N) is 2. The SMILES string of the molecule is CNC[C@H](C)NC(=O)N1CCCCC1.CNC[C@H](CC1CCCCC1)NC(=O)N1CCC[C@@H]([C@@](O)(CCCCOC)c2cc(C)ccc2C)C1. The lowest BCUT2D eigenvalue weighted by atomic mass is 9.72. The van der Waals surface area contributed by atoms with Crippen LogP contribution < -0.4 is 21.3 Å². The zero-order valence-electron chi connectivity index (χ0n) is 32.5. The lowest BCUT2D eigenvalue weighted by Crippen LogP contribution is -2.54. The average molecular weight is 701 g/mol. The number of likely N-dealkylation sites (N-methyl/N-ethyl adjacent to an activating group) is 2. The maximum atomic E-state index is 13.4. The first-order chi connectivity index (χ1) is 24.1. The molecule has 2 saturated heterocycles. The molecule has 2 heterocycles. The highest BCUT2D eigenvalue weighted by Crippen LogP contribution is 2.41. The molecule has 0 bridgehead atoms. The van der Waals surface area contributed by atoms with E-state index in [2.05, 4.69) is 53.3 Å². The average Bonchev–Trinajstić information content (AvgIpc) is 3.12. The van der Waals surface area contributed by atoms with Crippen LogP contribution in [0.2, 0.25) is 0 Å². The molecule has 1 aromatic rings. The van der Waals surface area contributed by atoms with E-state index in [4.69, 9.17) is 4.74 Å². The molecule has 3 fully saturated rings. The third-order valence-corrected chi connectivity index (χ3v) is 11.0. The van der Waals surface area contributed by atoms with Crippen molar-refractivity contribution < 1.29 is 19.4 Å². The van der Waals surface area contributed by atoms with E-state index in [9.17, 15) is 14.7 Å². The van der Waals surface area contributed by atoms with Crippen molar-refractivity contribution in [3.8, 4) is 0 Å². The molecule has 50 heavy (non-hydrogen) atoms. The summed E-state index contributed by atoms with van der Waals surface area (Å²) in [6, 6.07) is 6.85. The molecule has 286 valence electrons. The van der Waals surface area contributed by atoms with Gasteiger partial charge in [-0.1, -0.05) is 55.9 Å². The van der Waals surface area contributed by atoms with Gasteiger partial charge in [0.1, 0.15) is 0 Å². The maximum absolute atomic E-state index is 13.4. The smallest absolute Gasteiger partial charge is 0.317 e. The van der Waals surface area contributed by atoms with Crippen molar-refractivity contribution in [3.63, 3.8) is 0 Å². The summed E-state index contributed by atoms with van der Waals surface area (Å²) < 4.78 is 5.26. The lowest BCUT2D eigenvalue weighted by Gasteiger charge is -2.44. The zero-order valence-corrected chi connectivity index (χ0v) is 32.5. The van der Waals surface area contributed by atoms with Gasteiger partial charge in [0.05, 0.1) is 5.60 Å². The third kappa shape index (κ3) is 13.6. The first kappa shape index (κ1) is 42.0. The summed E-state index contributed by atoms with van der Waals surface area (Å²) in [5.74, 6) is 0.731. The predicted molar refractivity (Wildman–Crippen MR) is 205 cm³/mol. The van der Waals surface area contributed by atoms with Crippen molar-refractivity contribution in [3.05, 3.63) is 34.9 Å². The molecular formula is C40H72N6O4. The summed E-state index contributed by atoms with van der Waals surface area (Å²) in [6.07, 6.45) is 15.5. The van der Waals surface area contributed by atoms with Gasteiger partial charge in [-0.25, -0.2) is 9.59 Å². The number of ether oxygens (including phenoxy) is 1. The van der Waals surface area contributed by atoms with E-state index >= 15 is 0 Å². The number of unbranched alkanes of at least 4 members (excludes halogenated alkanes) is 1. The van der Waals surface area contributed by atoms with E-state index in [0.717, 1.165) is 94.4 Å². The second-order valence-corrected chi connectivity index (χ2v) is 15.4. The molecule has 4 amide bonds. The van der Waals surface area contributed by atoms with Crippen molar-refractivity contribution in [1.82, 2.24) is 31.1 Å². The van der Waals surface area contributed by atoms with Gasteiger partial charge in [0, 0.05) is 71.0 Å². The van der Waals surface area contributed by atoms with Crippen LogP contribution in [0.1, 0.15) is 114 Å². The van der Waals surface area contributed by atoms with E-state index in [1.165, 1.54) is 38.5 Å². The second-order valence-electron chi connectivity index (χ2n) is 15.4. The number of carbonyl (C=O) groups excluding carboxylic acids is 2. The van der Waals surface area contributed by atoms with Crippen LogP contribution in [0.15, 0.2) is 18.2 Å². The van der Waals surface area contributed by atoms with Crippen molar-refractivity contribution >= 4 is 12.1 Å². The quantitative estimate of drug-likeness (QED) is 0.142. The number of piperidine rings is 2. The number of rotatable bonds is 15. The summed E-state index contributed by atoms with van der Waals surface area (Å²) in [5.41, 5.74) is 2.36. The highest BCUT2D eigenvalue weighted by Gasteiger charge is 2.42. The highest BCUT2D eigenvalue weighted by atomic mass is 16.5. The van der Waals surface area contributed by atoms with Gasteiger partial charge in [-0.2, -0.15) is 0 Å². The Hall–Kier alpha value is -2.40. The number of urea groups is 2. The van der Waals surface area contributed by atoms with Crippen molar-refractivity contribution in [2.75, 3.05) is 67.1 Å². The Morgan fingerprint density at radius 2 is 1.54 bits per heavy atom. The molecule has 10 nitrogen and oxygen atoms in total. The van der Waals surface area contributed by atoms with E-state index in [1.807, 2.05) is 30.8 Å². The number of aliphatic hydroxyl groups is 1. The van der Waals surface area contributed by atoms with Gasteiger partial charge in [0.25, 0.3) is 0 Å². The van der Waals surface area contributed by atoms with E-state index in [1.54, 1.807) is 7.11 Å². The van der Waals surface area contributed by atoms with Gasteiger partial charge in [0.2, 0.25) is 0 Å². The molecular weight excluding hydrogens is 628 g/mol. The Morgan fingerprint density at radius 1 is 0.880 bits per heavy atom. The topological polar surface area (TPSA) is 118 Å². The molecule has 2 aliphatic heterocycles. The molecule has 0 unspecified atom stereocenters. The normalized spacial score (nSPS) is 21.0. The Labute approximate surface area is 304 Å². The van der Waals surface area contributed by atoms with Crippen molar-refractivity contribution in [2.24, 2.45) is 11.8 Å². The fraction of sp³-hybridized carbons (Fsp3) is 0.800. The van der Waals surface area contributed by atoms with Crippen LogP contribution in [-0.2, 0) is 10.3 Å². The number of benzene rings is 1. The molecule has 1 saturated carbocycles. The Balaban J connectivity index is 0.000000403. The number of hydrogen-bond acceptors (Lipinski definition) is 6. The minimum Gasteiger partial charge on any atom is -0.385 e. The zero-order chi connectivity index (χ0) is 36.4. The Kier molecular flexibility index (Phi) is 18.9. The molecule has 5 N–H and O–H groups in total. The fourth-order valence-electron chi connectivity index (χ4n) is 8.24. The van der Waals surface area contributed by atoms with Gasteiger partial charge < -0.3 is 40.9 Å². The molecule has 4 rings (SSSR count). The molecule has 3 aliphatic rings. The molecule has 1 aromatic carbocycles. The first-order valence-electron chi connectivity index (χ1n) is 19.8. The number of amides is 4. The minimum absolute atomic E-state index is 0.0149. The molecule has 0 radical (unpaired) electrons. The molecule has 0 aromatic heterocycles. The van der Waals surface area contributed by atoms with Gasteiger partial charge in [-0.15, -0.1) is 0 Å². The van der Waals surface area contributed by atoms with E-state index in [0.29, 0.717) is 25.5 Å². The van der Waals surface area contributed by atoms with E-state index < -0.39 is 5.60 Å². The number of nitrogens with one attached hydrogen (secondary N) is 4. The van der Waals surface area contributed by atoms with Gasteiger partial charge >= 0.3 is 12.1 Å². The summed E-state index contributed by atoms with van der Waals surface area (Å²) in [4.78, 5) is 29.0. The standard InChI is InChI=1S/C30H51N3O3.C10H21N3O/c1-23-14-15-24(2)28(19-23)30(35,16-8-9-18-36-4)26-13-10-17-33(22-26)29(34)32-27(21-31-3)20-25-11-6-5-7-12-25;1-9(8-11-2)12-10(14)13-6-4-3-5-7-13/h14-15,19,25-27,31,35H,5-13,16-18,20-22H2,1-4H3,(H,32,34);9,11H,3-8H2,1-2H3,(H,12,14)/t26-,27+,30+;9-/m10/s1. The van der Waals surface area contributed by atoms with Crippen LogP contribution in [0, 0.1) is 25.7 Å². The van der Waals surface area contributed by atoms with Crippen LogP contribution in [0.5, 0.6) is 0 Å². The van der Waals surface area contributed by atoms with Crippen LogP contribution >= 0.6 is 0 Å². The molecule has 0 spiro atoms. The molecule has 4 atom stereocenters. The van der Waals surface area contributed by atoms with E-state index in [-0.39, 0.29) is 30.1 Å². The summed E-state index contributed by atoms with van der Waals surface area (Å²) in [6.45, 7) is 11.7.